The fourth-order valence-corrected chi connectivity index (χ4v) is 1.86. The van der Waals surface area contributed by atoms with Gasteiger partial charge >= 0.3 is 0 Å². The lowest BCUT2D eigenvalue weighted by Crippen LogP contribution is -2.32. The molecule has 0 aromatic heterocycles. The molecular weight excluding hydrogens is 224 g/mol. The molecule has 0 atom stereocenters. The second kappa shape index (κ2) is 6.02. The second-order valence-corrected chi connectivity index (χ2v) is 4.41. The summed E-state index contributed by atoms with van der Waals surface area (Å²) in [7, 11) is 0. The Morgan fingerprint density at radius 1 is 1.39 bits per heavy atom. The van der Waals surface area contributed by atoms with Crippen molar-refractivity contribution < 1.29 is 4.79 Å². The van der Waals surface area contributed by atoms with Gasteiger partial charge in [-0.2, -0.15) is 5.26 Å². The molecule has 92 valence electrons. The molecule has 3 nitrogen and oxygen atoms in total. The van der Waals surface area contributed by atoms with Gasteiger partial charge < -0.3 is 4.90 Å². The van der Waals surface area contributed by atoms with Crippen LogP contribution in [0, 0.1) is 11.3 Å². The Kier molecular flexibility index (Phi) is 4.14. The molecule has 0 saturated heterocycles. The fraction of sp³-hybridized carbons (Fsp3) is 0.333. The molecular formula is C15H16N2O. The molecule has 0 heterocycles. The van der Waals surface area contributed by atoms with Crippen LogP contribution >= 0.6 is 0 Å². The molecule has 3 heteroatoms. The number of amides is 1. The summed E-state index contributed by atoms with van der Waals surface area (Å²) in [5.41, 5.74) is 1.02. The summed E-state index contributed by atoms with van der Waals surface area (Å²) < 4.78 is 0. The Balaban J connectivity index is 1.97. The van der Waals surface area contributed by atoms with Crippen molar-refractivity contribution in [1.29, 1.82) is 5.26 Å². The maximum Gasteiger partial charge on any atom is 0.246 e. The maximum atomic E-state index is 12.0. The zero-order valence-electron chi connectivity index (χ0n) is 10.2. The minimum atomic E-state index is 0.0107. The van der Waals surface area contributed by atoms with Crippen molar-refractivity contribution in [2.45, 2.75) is 25.3 Å². The monoisotopic (exact) mass is 240 g/mol. The van der Waals surface area contributed by atoms with Crippen molar-refractivity contribution in [1.82, 2.24) is 4.90 Å². The van der Waals surface area contributed by atoms with Gasteiger partial charge in [0.25, 0.3) is 0 Å². The van der Waals surface area contributed by atoms with Crippen LogP contribution in [0.2, 0.25) is 0 Å². The molecule has 1 amide bonds. The van der Waals surface area contributed by atoms with Gasteiger partial charge in [0.05, 0.1) is 12.5 Å². The van der Waals surface area contributed by atoms with E-state index in [1.165, 1.54) is 0 Å². The second-order valence-electron chi connectivity index (χ2n) is 4.41. The first kappa shape index (κ1) is 12.4. The first-order valence-electron chi connectivity index (χ1n) is 6.22. The van der Waals surface area contributed by atoms with Gasteiger partial charge in [0.2, 0.25) is 5.91 Å². The molecule has 1 aromatic carbocycles. The third-order valence-electron chi connectivity index (χ3n) is 2.95. The fourth-order valence-electron chi connectivity index (χ4n) is 1.86. The van der Waals surface area contributed by atoms with Crippen molar-refractivity contribution >= 4 is 12.0 Å². The number of carbonyl (C=O) groups excluding carboxylic acids is 1. The molecule has 1 aliphatic rings. The average molecular weight is 240 g/mol. The van der Waals surface area contributed by atoms with Gasteiger partial charge in [-0.1, -0.05) is 30.3 Å². The minimum absolute atomic E-state index is 0.0107. The number of nitriles is 1. The van der Waals surface area contributed by atoms with E-state index in [1.807, 2.05) is 41.3 Å². The summed E-state index contributed by atoms with van der Waals surface area (Å²) in [6.07, 6.45) is 5.96. The van der Waals surface area contributed by atoms with E-state index in [9.17, 15) is 4.79 Å². The van der Waals surface area contributed by atoms with E-state index in [4.69, 9.17) is 5.26 Å². The van der Waals surface area contributed by atoms with Crippen LogP contribution in [0.3, 0.4) is 0 Å². The van der Waals surface area contributed by atoms with Gasteiger partial charge in [0.15, 0.2) is 0 Å². The normalized spacial score (nSPS) is 14.4. The number of rotatable bonds is 5. The van der Waals surface area contributed by atoms with Gasteiger partial charge in [-0.05, 0) is 24.5 Å². The Morgan fingerprint density at radius 2 is 2.11 bits per heavy atom. The molecule has 18 heavy (non-hydrogen) atoms. The van der Waals surface area contributed by atoms with Crippen LogP contribution < -0.4 is 0 Å². The minimum Gasteiger partial charge on any atom is -0.335 e. The quantitative estimate of drug-likeness (QED) is 0.742. The smallest absolute Gasteiger partial charge is 0.246 e. The molecule has 0 bridgehead atoms. The first-order valence-corrected chi connectivity index (χ1v) is 6.22. The summed E-state index contributed by atoms with van der Waals surface area (Å²) in [6, 6.07) is 12.2. The molecule has 0 N–H and O–H groups in total. The molecule has 2 rings (SSSR count). The highest BCUT2D eigenvalue weighted by atomic mass is 16.2. The maximum absolute atomic E-state index is 12.0. The predicted octanol–water partition coefficient (Wildman–Crippen LogP) is 2.60. The summed E-state index contributed by atoms with van der Waals surface area (Å²) >= 11 is 0. The van der Waals surface area contributed by atoms with E-state index in [0.29, 0.717) is 19.0 Å². The van der Waals surface area contributed by atoms with Crippen molar-refractivity contribution in [2.24, 2.45) is 0 Å². The summed E-state index contributed by atoms with van der Waals surface area (Å²) in [5, 5.41) is 8.60. The number of carbonyl (C=O) groups is 1. The van der Waals surface area contributed by atoms with E-state index < -0.39 is 0 Å². The third kappa shape index (κ3) is 3.46. The molecule has 1 fully saturated rings. The lowest BCUT2D eigenvalue weighted by atomic mass is 10.2. The van der Waals surface area contributed by atoms with E-state index in [1.54, 1.807) is 6.08 Å². The Bertz CT molecular complexity index is 469. The predicted molar refractivity (Wildman–Crippen MR) is 70.4 cm³/mol. The standard InChI is InChI=1S/C15H16N2O/c16-11-4-12-17(14-8-9-14)15(18)10-7-13-5-2-1-3-6-13/h1-3,5-7,10,14H,4,8-9,12H2/b10-7+. The summed E-state index contributed by atoms with van der Waals surface area (Å²) in [4.78, 5) is 13.8. The van der Waals surface area contributed by atoms with Crippen LogP contribution in [0.5, 0.6) is 0 Å². The van der Waals surface area contributed by atoms with Gasteiger partial charge in [0, 0.05) is 18.7 Å². The average Bonchev–Trinajstić information content (AvgIpc) is 3.22. The van der Waals surface area contributed by atoms with Crippen LogP contribution in [0.15, 0.2) is 36.4 Å². The SMILES string of the molecule is N#CCCN(C(=O)/C=C/c1ccccc1)C1CC1. The van der Waals surface area contributed by atoms with Crippen LogP contribution in [-0.4, -0.2) is 23.4 Å². The first-order chi connectivity index (χ1) is 8.81. The van der Waals surface area contributed by atoms with Crippen molar-refractivity contribution in [3.8, 4) is 6.07 Å². The van der Waals surface area contributed by atoms with Gasteiger partial charge in [-0.25, -0.2) is 0 Å². The van der Waals surface area contributed by atoms with Crippen molar-refractivity contribution in [2.75, 3.05) is 6.54 Å². The van der Waals surface area contributed by atoms with Crippen LogP contribution in [0.25, 0.3) is 6.08 Å². The molecule has 1 aromatic rings. The van der Waals surface area contributed by atoms with E-state index in [0.717, 1.165) is 18.4 Å². The number of hydrogen-bond donors (Lipinski definition) is 0. The lowest BCUT2D eigenvalue weighted by Gasteiger charge is -2.19. The molecule has 0 unspecified atom stereocenters. The van der Waals surface area contributed by atoms with Crippen molar-refractivity contribution in [3.63, 3.8) is 0 Å². The van der Waals surface area contributed by atoms with E-state index in [-0.39, 0.29) is 5.91 Å². The molecule has 0 spiro atoms. The number of nitrogens with zero attached hydrogens (tertiary/aromatic N) is 2. The highest BCUT2D eigenvalue weighted by molar-refractivity contribution is 5.92. The molecule has 0 radical (unpaired) electrons. The van der Waals surface area contributed by atoms with Gasteiger partial charge in [0.1, 0.15) is 0 Å². The highest BCUT2D eigenvalue weighted by Gasteiger charge is 2.30. The molecule has 1 saturated carbocycles. The summed E-state index contributed by atoms with van der Waals surface area (Å²) in [5.74, 6) is 0.0107. The van der Waals surface area contributed by atoms with Gasteiger partial charge in [-0.15, -0.1) is 0 Å². The van der Waals surface area contributed by atoms with E-state index in [2.05, 4.69) is 6.07 Å². The molecule has 1 aliphatic carbocycles. The summed E-state index contributed by atoms with van der Waals surface area (Å²) in [6.45, 7) is 0.541. The largest absolute Gasteiger partial charge is 0.335 e. The highest BCUT2D eigenvalue weighted by Crippen LogP contribution is 2.27. The van der Waals surface area contributed by atoms with Gasteiger partial charge in [-0.3, -0.25) is 4.79 Å². The lowest BCUT2D eigenvalue weighted by molar-refractivity contribution is -0.126. The van der Waals surface area contributed by atoms with Crippen LogP contribution in [-0.2, 0) is 4.79 Å². The zero-order valence-corrected chi connectivity index (χ0v) is 10.2. The number of hydrogen-bond acceptors (Lipinski definition) is 2. The Labute approximate surface area is 107 Å². The van der Waals surface area contributed by atoms with Crippen molar-refractivity contribution in [3.05, 3.63) is 42.0 Å². The third-order valence-corrected chi connectivity index (χ3v) is 2.95. The van der Waals surface area contributed by atoms with Crippen LogP contribution in [0.4, 0.5) is 0 Å². The zero-order chi connectivity index (χ0) is 12.8. The topological polar surface area (TPSA) is 44.1 Å². The van der Waals surface area contributed by atoms with E-state index >= 15 is 0 Å². The molecule has 0 aliphatic heterocycles. The Morgan fingerprint density at radius 3 is 2.72 bits per heavy atom. The van der Waals surface area contributed by atoms with Crippen LogP contribution in [0.1, 0.15) is 24.8 Å². The Hall–Kier alpha value is -2.08. The number of benzene rings is 1.